The molecule has 4 rings (SSSR count). The molecule has 0 atom stereocenters. The first-order chi connectivity index (χ1) is 15.6. The molecule has 2 N–H and O–H groups in total. The fourth-order valence-electron chi connectivity index (χ4n) is 3.97. The summed E-state index contributed by atoms with van der Waals surface area (Å²) in [6, 6.07) is 9.49. The molecule has 2 heterocycles. The third-order valence-electron chi connectivity index (χ3n) is 5.33. The molecule has 0 aliphatic carbocycles. The predicted molar refractivity (Wildman–Crippen MR) is 127 cm³/mol. The summed E-state index contributed by atoms with van der Waals surface area (Å²) in [7, 11) is 0. The summed E-state index contributed by atoms with van der Waals surface area (Å²) < 4.78 is 13.7. The minimum atomic E-state index is -0.539. The summed E-state index contributed by atoms with van der Waals surface area (Å²) in [5.74, 6) is 1.65. The zero-order valence-electron chi connectivity index (χ0n) is 19.7. The van der Waals surface area contributed by atoms with E-state index in [1.54, 1.807) is 12.1 Å². The molecule has 1 amide bonds. The number of para-hydroxylation sites is 1. The maximum Gasteiger partial charge on any atom is 0.308 e. The van der Waals surface area contributed by atoms with Gasteiger partial charge in [0.05, 0.1) is 11.9 Å². The van der Waals surface area contributed by atoms with E-state index in [2.05, 4.69) is 20.2 Å². The summed E-state index contributed by atoms with van der Waals surface area (Å²) in [5.41, 5.74) is 3.50. The average molecular weight is 451 g/mol. The maximum atomic E-state index is 12.6. The Hall–Kier alpha value is -3.55. The van der Waals surface area contributed by atoms with Crippen molar-refractivity contribution in [3.63, 3.8) is 0 Å². The molecule has 8 heteroatoms. The van der Waals surface area contributed by atoms with Crippen LogP contribution >= 0.6 is 0 Å². The number of benzene rings is 2. The van der Waals surface area contributed by atoms with Crippen LogP contribution < -0.4 is 15.4 Å². The van der Waals surface area contributed by atoms with Crippen molar-refractivity contribution in [1.82, 2.24) is 14.9 Å². The molecule has 0 fully saturated rings. The van der Waals surface area contributed by atoms with Gasteiger partial charge in [0.15, 0.2) is 5.75 Å². The lowest BCUT2D eigenvalue weighted by atomic mass is 10.0. The van der Waals surface area contributed by atoms with Crippen LogP contribution in [0.25, 0.3) is 11.0 Å². The molecule has 0 bridgehead atoms. The van der Waals surface area contributed by atoms with Crippen molar-refractivity contribution in [3.05, 3.63) is 47.0 Å². The number of ether oxygens (including phenoxy) is 2. The van der Waals surface area contributed by atoms with Crippen molar-refractivity contribution in [2.75, 3.05) is 18.4 Å². The van der Waals surface area contributed by atoms with Crippen LogP contribution in [0.15, 0.2) is 30.3 Å². The Kier molecular flexibility index (Phi) is 6.01. The van der Waals surface area contributed by atoms with E-state index >= 15 is 0 Å². The Balaban J connectivity index is 1.46. The molecule has 0 radical (unpaired) electrons. The van der Waals surface area contributed by atoms with Gasteiger partial charge in [0.25, 0.3) is 5.91 Å². The highest BCUT2D eigenvalue weighted by molar-refractivity contribution is 5.95. The minimum Gasteiger partial charge on any atom is -0.460 e. The second-order valence-electron chi connectivity index (χ2n) is 9.27. The van der Waals surface area contributed by atoms with Gasteiger partial charge in [0, 0.05) is 25.2 Å². The number of rotatable bonds is 6. The summed E-state index contributed by atoms with van der Waals surface area (Å²) >= 11 is 0. The molecule has 0 saturated heterocycles. The average Bonchev–Trinajstić information content (AvgIpc) is 3.31. The number of amides is 1. The number of aromatic nitrogens is 2. The van der Waals surface area contributed by atoms with Crippen molar-refractivity contribution in [2.24, 2.45) is 0 Å². The molecular formula is C25H30N4O4. The van der Waals surface area contributed by atoms with Gasteiger partial charge in [-0.1, -0.05) is 6.07 Å². The summed E-state index contributed by atoms with van der Waals surface area (Å²) in [6.07, 6.45) is 0.121. The van der Waals surface area contributed by atoms with Crippen molar-refractivity contribution < 1.29 is 19.1 Å². The first-order valence-corrected chi connectivity index (χ1v) is 11.1. The second-order valence-corrected chi connectivity index (χ2v) is 9.27. The highest BCUT2D eigenvalue weighted by Crippen LogP contribution is 2.35. The number of esters is 1. The van der Waals surface area contributed by atoms with Crippen molar-refractivity contribution in [1.29, 1.82) is 0 Å². The molecular weight excluding hydrogens is 420 g/mol. The van der Waals surface area contributed by atoms with E-state index in [-0.39, 0.29) is 24.8 Å². The van der Waals surface area contributed by atoms with Crippen LogP contribution in [0.4, 0.5) is 5.95 Å². The zero-order chi connectivity index (χ0) is 23.8. The van der Waals surface area contributed by atoms with Crippen LogP contribution in [-0.2, 0) is 16.1 Å². The molecule has 0 spiro atoms. The summed E-state index contributed by atoms with van der Waals surface area (Å²) in [6.45, 7) is 11.2. The van der Waals surface area contributed by atoms with E-state index < -0.39 is 5.60 Å². The van der Waals surface area contributed by atoms with Crippen LogP contribution in [0.5, 0.6) is 11.5 Å². The number of nitrogens with zero attached hydrogens (tertiary/aromatic N) is 2. The highest BCUT2D eigenvalue weighted by atomic mass is 16.6. The molecule has 3 aromatic rings. The van der Waals surface area contributed by atoms with Gasteiger partial charge in [-0.15, -0.1) is 0 Å². The second kappa shape index (κ2) is 8.77. The van der Waals surface area contributed by atoms with Gasteiger partial charge in [-0.25, -0.2) is 4.98 Å². The van der Waals surface area contributed by atoms with E-state index in [4.69, 9.17) is 9.47 Å². The molecule has 0 unspecified atom stereocenters. The van der Waals surface area contributed by atoms with Crippen LogP contribution in [-0.4, -0.2) is 40.1 Å². The Labute approximate surface area is 193 Å². The number of imidazole rings is 1. The summed E-state index contributed by atoms with van der Waals surface area (Å²) in [5, 5.41) is 6.07. The number of carbonyl (C=O) groups excluding carboxylic acids is 2. The standard InChI is InChI=1S/C25H30N4O4/c1-15-13-17(23(31)26-10-9-20(30)33-25(3,4)5)14-16(2)22(15)32-19-8-6-7-18-21(19)28-24-27-11-12-29(18)24/h6-8,13-14H,9-12H2,1-5H3,(H,26,31)(H,27,28). The van der Waals surface area contributed by atoms with E-state index in [1.807, 2.05) is 52.8 Å². The molecule has 8 nitrogen and oxygen atoms in total. The van der Waals surface area contributed by atoms with Gasteiger partial charge in [-0.3, -0.25) is 9.59 Å². The van der Waals surface area contributed by atoms with Gasteiger partial charge >= 0.3 is 5.97 Å². The number of fused-ring (bicyclic) bond motifs is 3. The lowest BCUT2D eigenvalue weighted by Crippen LogP contribution is -2.29. The van der Waals surface area contributed by atoms with Crippen LogP contribution in [0.1, 0.15) is 48.7 Å². The molecule has 1 aliphatic heterocycles. The topological polar surface area (TPSA) is 94.5 Å². The van der Waals surface area contributed by atoms with Crippen molar-refractivity contribution in [2.45, 2.75) is 53.2 Å². The minimum absolute atomic E-state index is 0.121. The van der Waals surface area contributed by atoms with E-state index in [9.17, 15) is 9.59 Å². The Morgan fingerprint density at radius 3 is 2.61 bits per heavy atom. The zero-order valence-corrected chi connectivity index (χ0v) is 19.7. The number of anilines is 1. The third kappa shape index (κ3) is 4.94. The SMILES string of the molecule is Cc1cc(C(=O)NCCC(=O)OC(C)(C)C)cc(C)c1Oc1cccc2c1nc1n2CCN1. The molecule has 0 saturated carbocycles. The number of hydrogen-bond acceptors (Lipinski definition) is 6. The highest BCUT2D eigenvalue weighted by Gasteiger charge is 2.20. The number of carbonyl (C=O) groups is 2. The van der Waals surface area contributed by atoms with Gasteiger partial charge in [-0.05, 0) is 70.0 Å². The lowest BCUT2D eigenvalue weighted by molar-refractivity contribution is -0.154. The van der Waals surface area contributed by atoms with Gasteiger partial charge in [-0.2, -0.15) is 0 Å². The van der Waals surface area contributed by atoms with Gasteiger partial charge in [0.1, 0.15) is 16.9 Å². The molecule has 174 valence electrons. The largest absolute Gasteiger partial charge is 0.460 e. The lowest BCUT2D eigenvalue weighted by Gasteiger charge is -2.19. The van der Waals surface area contributed by atoms with Crippen LogP contribution in [0, 0.1) is 13.8 Å². The van der Waals surface area contributed by atoms with Crippen LogP contribution in [0.3, 0.4) is 0 Å². The number of hydrogen-bond donors (Lipinski definition) is 2. The fourth-order valence-corrected chi connectivity index (χ4v) is 3.97. The third-order valence-corrected chi connectivity index (χ3v) is 5.33. The van der Waals surface area contributed by atoms with E-state index in [1.165, 1.54) is 0 Å². The fraction of sp³-hybridized carbons (Fsp3) is 0.400. The quantitative estimate of drug-likeness (QED) is 0.543. The smallest absolute Gasteiger partial charge is 0.308 e. The van der Waals surface area contributed by atoms with E-state index in [0.717, 1.165) is 41.2 Å². The van der Waals surface area contributed by atoms with E-state index in [0.29, 0.717) is 17.1 Å². The van der Waals surface area contributed by atoms with Crippen molar-refractivity contribution in [3.8, 4) is 11.5 Å². The predicted octanol–water partition coefficient (Wildman–Crippen LogP) is 4.33. The molecule has 2 aromatic carbocycles. The summed E-state index contributed by atoms with van der Waals surface area (Å²) in [4.78, 5) is 29.1. The Morgan fingerprint density at radius 2 is 1.91 bits per heavy atom. The monoisotopic (exact) mass is 450 g/mol. The normalized spacial score (nSPS) is 12.9. The molecule has 1 aliphatic rings. The maximum absolute atomic E-state index is 12.6. The first-order valence-electron chi connectivity index (χ1n) is 11.1. The Morgan fingerprint density at radius 1 is 1.18 bits per heavy atom. The van der Waals surface area contributed by atoms with Gasteiger partial charge in [0.2, 0.25) is 5.95 Å². The van der Waals surface area contributed by atoms with Gasteiger partial charge < -0.3 is 24.7 Å². The Bertz CT molecular complexity index is 1200. The first kappa shape index (κ1) is 22.6. The molecule has 1 aromatic heterocycles. The van der Waals surface area contributed by atoms with Crippen LogP contribution in [0.2, 0.25) is 0 Å². The van der Waals surface area contributed by atoms with Crippen molar-refractivity contribution >= 4 is 28.9 Å². The number of aryl methyl sites for hydroxylation is 2. The number of nitrogens with one attached hydrogen (secondary N) is 2. The molecule has 33 heavy (non-hydrogen) atoms.